The third-order valence-corrected chi connectivity index (χ3v) is 3.05. The average molecular weight is 222 g/mol. The number of imidazole rings is 1. The van der Waals surface area contributed by atoms with Crippen molar-refractivity contribution < 1.29 is 4.79 Å². The second-order valence-electron chi connectivity index (χ2n) is 4.47. The Bertz CT molecular complexity index is 366. The first-order valence-corrected chi connectivity index (χ1v) is 5.73. The Morgan fingerprint density at radius 3 is 2.75 bits per heavy atom. The normalized spacial score (nSPS) is 25.4. The summed E-state index contributed by atoms with van der Waals surface area (Å²) in [6.07, 6.45) is 5.50. The van der Waals surface area contributed by atoms with Crippen LogP contribution in [0.2, 0.25) is 0 Å². The molecule has 0 aromatic carbocycles. The fraction of sp³-hybridized carbons (Fsp3) is 0.636. The smallest absolute Gasteiger partial charge is 0.269 e. The Morgan fingerprint density at radius 1 is 1.50 bits per heavy atom. The predicted molar refractivity (Wildman–Crippen MR) is 61.0 cm³/mol. The Labute approximate surface area is 94.8 Å². The fourth-order valence-corrected chi connectivity index (χ4v) is 2.06. The maximum Gasteiger partial charge on any atom is 0.269 e. The van der Waals surface area contributed by atoms with Gasteiger partial charge >= 0.3 is 0 Å². The van der Waals surface area contributed by atoms with Gasteiger partial charge in [-0.05, 0) is 32.6 Å². The van der Waals surface area contributed by atoms with E-state index in [4.69, 9.17) is 5.73 Å². The molecule has 0 radical (unpaired) electrons. The number of aromatic amines is 1. The van der Waals surface area contributed by atoms with Gasteiger partial charge in [-0.3, -0.25) is 4.79 Å². The third-order valence-electron chi connectivity index (χ3n) is 3.05. The summed E-state index contributed by atoms with van der Waals surface area (Å²) in [4.78, 5) is 18.7. The fourth-order valence-electron chi connectivity index (χ4n) is 2.06. The van der Waals surface area contributed by atoms with Gasteiger partial charge in [0, 0.05) is 12.1 Å². The molecular formula is C11H18N4O. The number of H-pyrrole nitrogens is 1. The zero-order valence-electron chi connectivity index (χ0n) is 9.49. The first-order chi connectivity index (χ1) is 7.65. The summed E-state index contributed by atoms with van der Waals surface area (Å²) in [7, 11) is 0. The molecule has 1 fully saturated rings. The number of aryl methyl sites for hydroxylation is 1. The van der Waals surface area contributed by atoms with Gasteiger partial charge in [0.25, 0.3) is 5.91 Å². The molecule has 1 amide bonds. The topological polar surface area (TPSA) is 83.8 Å². The highest BCUT2D eigenvalue weighted by Gasteiger charge is 2.20. The molecule has 0 spiro atoms. The van der Waals surface area contributed by atoms with Crippen LogP contribution in [0.15, 0.2) is 6.20 Å². The van der Waals surface area contributed by atoms with E-state index in [1.807, 2.05) is 6.92 Å². The quantitative estimate of drug-likeness (QED) is 0.689. The lowest BCUT2D eigenvalue weighted by Gasteiger charge is -2.26. The standard InChI is InChI=1S/C11H18N4O/c1-7-13-6-10(14-7)11(16)15-9-4-2-8(12)3-5-9/h6,8-9H,2-5,12H2,1H3,(H,13,14)(H,15,16). The van der Waals surface area contributed by atoms with Gasteiger partial charge in [-0.15, -0.1) is 0 Å². The van der Waals surface area contributed by atoms with Crippen LogP contribution in [0.3, 0.4) is 0 Å². The molecule has 1 aliphatic carbocycles. The van der Waals surface area contributed by atoms with Gasteiger partial charge in [0.1, 0.15) is 11.5 Å². The Balaban J connectivity index is 1.88. The minimum absolute atomic E-state index is 0.0685. The number of carbonyl (C=O) groups excluding carboxylic acids is 1. The molecule has 1 heterocycles. The molecule has 1 aromatic heterocycles. The van der Waals surface area contributed by atoms with Crippen LogP contribution in [0.5, 0.6) is 0 Å². The number of aromatic nitrogens is 2. The van der Waals surface area contributed by atoms with Gasteiger partial charge in [0.05, 0.1) is 6.20 Å². The van der Waals surface area contributed by atoms with Gasteiger partial charge in [-0.1, -0.05) is 0 Å². The number of rotatable bonds is 2. The molecule has 16 heavy (non-hydrogen) atoms. The number of carbonyl (C=O) groups is 1. The molecule has 0 aliphatic heterocycles. The average Bonchev–Trinajstić information content (AvgIpc) is 2.68. The summed E-state index contributed by atoms with van der Waals surface area (Å²) in [6.45, 7) is 1.83. The summed E-state index contributed by atoms with van der Waals surface area (Å²) >= 11 is 0. The highest BCUT2D eigenvalue weighted by molar-refractivity contribution is 5.92. The number of nitrogens with one attached hydrogen (secondary N) is 2. The second-order valence-corrected chi connectivity index (χ2v) is 4.47. The Kier molecular flexibility index (Phi) is 3.24. The van der Waals surface area contributed by atoms with Crippen LogP contribution in [0, 0.1) is 6.92 Å². The molecule has 1 saturated carbocycles. The lowest BCUT2D eigenvalue weighted by Crippen LogP contribution is -2.40. The number of nitrogens with two attached hydrogens (primary N) is 1. The Morgan fingerprint density at radius 2 is 2.19 bits per heavy atom. The van der Waals surface area contributed by atoms with Crippen molar-refractivity contribution >= 4 is 5.91 Å². The van der Waals surface area contributed by atoms with Crippen LogP contribution >= 0.6 is 0 Å². The minimum atomic E-state index is -0.0685. The number of nitrogens with zero attached hydrogens (tertiary/aromatic N) is 1. The SMILES string of the molecule is Cc1ncc(C(=O)NC2CCC(N)CC2)[nH]1. The van der Waals surface area contributed by atoms with Crippen LogP contribution in [0.1, 0.15) is 42.0 Å². The van der Waals surface area contributed by atoms with Crippen LogP contribution in [-0.4, -0.2) is 28.0 Å². The molecule has 88 valence electrons. The molecule has 0 unspecified atom stereocenters. The van der Waals surface area contributed by atoms with Gasteiger partial charge in [-0.2, -0.15) is 0 Å². The first kappa shape index (κ1) is 11.1. The third kappa shape index (κ3) is 2.61. The van der Waals surface area contributed by atoms with E-state index in [2.05, 4.69) is 15.3 Å². The number of hydrogen-bond acceptors (Lipinski definition) is 3. The summed E-state index contributed by atoms with van der Waals surface area (Å²) in [5.74, 6) is 0.692. The van der Waals surface area contributed by atoms with E-state index in [9.17, 15) is 4.79 Å². The van der Waals surface area contributed by atoms with E-state index in [-0.39, 0.29) is 11.9 Å². The lowest BCUT2D eigenvalue weighted by molar-refractivity contribution is 0.0921. The molecule has 1 aliphatic rings. The summed E-state index contributed by atoms with van der Waals surface area (Å²) in [5.41, 5.74) is 6.35. The van der Waals surface area contributed by atoms with Gasteiger partial charge in [0.15, 0.2) is 0 Å². The largest absolute Gasteiger partial charge is 0.348 e. The van der Waals surface area contributed by atoms with Crippen LogP contribution < -0.4 is 11.1 Å². The summed E-state index contributed by atoms with van der Waals surface area (Å²) < 4.78 is 0. The highest BCUT2D eigenvalue weighted by atomic mass is 16.1. The molecule has 0 bridgehead atoms. The summed E-state index contributed by atoms with van der Waals surface area (Å²) in [6, 6.07) is 0.568. The van der Waals surface area contributed by atoms with Gasteiger partial charge in [0.2, 0.25) is 0 Å². The maximum absolute atomic E-state index is 11.8. The minimum Gasteiger partial charge on any atom is -0.348 e. The molecule has 4 N–H and O–H groups in total. The zero-order chi connectivity index (χ0) is 11.5. The second kappa shape index (κ2) is 4.65. The number of amides is 1. The lowest BCUT2D eigenvalue weighted by atomic mass is 9.92. The van der Waals surface area contributed by atoms with Crippen molar-refractivity contribution in [3.05, 3.63) is 17.7 Å². The van der Waals surface area contributed by atoms with Crippen molar-refractivity contribution in [3.8, 4) is 0 Å². The molecular weight excluding hydrogens is 204 g/mol. The van der Waals surface area contributed by atoms with Crippen molar-refractivity contribution in [1.29, 1.82) is 0 Å². The van der Waals surface area contributed by atoms with Crippen molar-refractivity contribution in [2.75, 3.05) is 0 Å². The van der Waals surface area contributed by atoms with E-state index in [1.54, 1.807) is 6.20 Å². The van der Waals surface area contributed by atoms with Gasteiger partial charge < -0.3 is 16.0 Å². The molecule has 0 saturated heterocycles. The van der Waals surface area contributed by atoms with Gasteiger partial charge in [-0.25, -0.2) is 4.98 Å². The summed E-state index contributed by atoms with van der Waals surface area (Å²) in [5, 5.41) is 3.00. The molecule has 0 atom stereocenters. The van der Waals surface area contributed by atoms with E-state index >= 15 is 0 Å². The molecule has 5 nitrogen and oxygen atoms in total. The van der Waals surface area contributed by atoms with E-state index in [0.29, 0.717) is 11.7 Å². The van der Waals surface area contributed by atoms with Crippen molar-refractivity contribution in [3.63, 3.8) is 0 Å². The van der Waals surface area contributed by atoms with E-state index in [0.717, 1.165) is 31.5 Å². The molecule has 1 aromatic rings. The van der Waals surface area contributed by atoms with Crippen molar-refractivity contribution in [1.82, 2.24) is 15.3 Å². The maximum atomic E-state index is 11.8. The van der Waals surface area contributed by atoms with Crippen LogP contribution in [-0.2, 0) is 0 Å². The monoisotopic (exact) mass is 222 g/mol. The molecule has 2 rings (SSSR count). The zero-order valence-corrected chi connectivity index (χ0v) is 9.49. The first-order valence-electron chi connectivity index (χ1n) is 5.73. The predicted octanol–water partition coefficient (Wildman–Crippen LogP) is 0.718. The number of hydrogen-bond donors (Lipinski definition) is 3. The van der Waals surface area contributed by atoms with Crippen molar-refractivity contribution in [2.24, 2.45) is 5.73 Å². The van der Waals surface area contributed by atoms with E-state index < -0.39 is 0 Å². The van der Waals surface area contributed by atoms with Crippen molar-refractivity contribution in [2.45, 2.75) is 44.7 Å². The van der Waals surface area contributed by atoms with E-state index in [1.165, 1.54) is 0 Å². The molecule has 5 heteroatoms. The van der Waals surface area contributed by atoms with Crippen LogP contribution in [0.25, 0.3) is 0 Å². The highest BCUT2D eigenvalue weighted by Crippen LogP contribution is 2.17. The van der Waals surface area contributed by atoms with Crippen LogP contribution in [0.4, 0.5) is 0 Å². The Hall–Kier alpha value is -1.36.